The van der Waals surface area contributed by atoms with Gasteiger partial charge in [0.25, 0.3) is 0 Å². The van der Waals surface area contributed by atoms with Gasteiger partial charge in [-0.3, -0.25) is 14.8 Å². The van der Waals surface area contributed by atoms with Crippen molar-refractivity contribution in [2.75, 3.05) is 19.6 Å². The van der Waals surface area contributed by atoms with Crippen LogP contribution in [0.4, 0.5) is 0 Å². The molecule has 6 rings (SSSR count). The Morgan fingerprint density at radius 3 is 2.03 bits per heavy atom. The number of likely N-dealkylation sites (tertiary alicyclic amines) is 1. The minimum atomic E-state index is -0.111. The zero-order chi connectivity index (χ0) is 26.1. The van der Waals surface area contributed by atoms with Crippen LogP contribution in [0.2, 0.25) is 10.0 Å². The molecule has 3 aromatic rings. The zero-order valence-electron chi connectivity index (χ0n) is 22.0. The summed E-state index contributed by atoms with van der Waals surface area (Å²) >= 11 is 13.7. The van der Waals surface area contributed by atoms with E-state index in [1.54, 1.807) is 0 Å². The predicted molar refractivity (Wildman–Crippen MR) is 157 cm³/mol. The molecule has 4 nitrogen and oxygen atoms in total. The third-order valence-corrected chi connectivity index (χ3v) is 9.94. The van der Waals surface area contributed by atoms with Crippen molar-refractivity contribution in [3.8, 4) is 0 Å². The van der Waals surface area contributed by atoms with E-state index in [1.165, 1.54) is 43.6 Å². The standard InChI is InChI=1S/C32H38Cl2N4/c33-28-12-4-2-10-26(28)30(27-11-3-5-13-29(27)34)38-24-14-15-25(38)20-32(19-24,22-35)31-23(9-8-16-36-31)21-37-17-6-1-7-18-37/h2-5,8-13,16,24-25,30H,1,6-7,14-15,17-22,35H2/t24-,25-/m0/s1. The van der Waals surface area contributed by atoms with Gasteiger partial charge in [0.05, 0.1) is 11.7 Å². The molecule has 4 heterocycles. The molecular weight excluding hydrogens is 511 g/mol. The molecule has 0 unspecified atom stereocenters. The third-order valence-electron chi connectivity index (χ3n) is 9.25. The van der Waals surface area contributed by atoms with Crippen LogP contribution in [0.1, 0.15) is 73.4 Å². The first-order chi connectivity index (χ1) is 18.6. The molecular formula is C32H38Cl2N4. The lowest BCUT2D eigenvalue weighted by Crippen LogP contribution is -2.54. The Balaban J connectivity index is 1.36. The largest absolute Gasteiger partial charge is 0.330 e. The number of rotatable bonds is 7. The average molecular weight is 550 g/mol. The van der Waals surface area contributed by atoms with E-state index in [0.29, 0.717) is 18.6 Å². The van der Waals surface area contributed by atoms with E-state index in [4.69, 9.17) is 33.9 Å². The van der Waals surface area contributed by atoms with Crippen molar-refractivity contribution in [2.24, 2.45) is 5.73 Å². The Labute approximate surface area is 237 Å². The Morgan fingerprint density at radius 1 is 0.842 bits per heavy atom. The molecule has 0 amide bonds. The van der Waals surface area contributed by atoms with Crippen molar-refractivity contribution >= 4 is 23.2 Å². The van der Waals surface area contributed by atoms with Crippen molar-refractivity contribution in [1.29, 1.82) is 0 Å². The minimum absolute atomic E-state index is 0.0160. The molecule has 3 saturated heterocycles. The molecule has 3 aliphatic heterocycles. The molecule has 3 fully saturated rings. The Hall–Kier alpha value is -1.95. The van der Waals surface area contributed by atoms with E-state index in [-0.39, 0.29) is 11.5 Å². The van der Waals surface area contributed by atoms with Gasteiger partial charge < -0.3 is 5.73 Å². The Kier molecular flexibility index (Phi) is 7.79. The molecule has 2 N–H and O–H groups in total. The first-order valence-electron chi connectivity index (χ1n) is 14.2. The summed E-state index contributed by atoms with van der Waals surface area (Å²) in [5, 5.41) is 1.59. The van der Waals surface area contributed by atoms with Gasteiger partial charge in [-0.2, -0.15) is 0 Å². The number of benzene rings is 2. The molecule has 2 atom stereocenters. The summed E-state index contributed by atoms with van der Waals surface area (Å²) in [4.78, 5) is 10.4. The van der Waals surface area contributed by atoms with Gasteiger partial charge in [0.2, 0.25) is 0 Å². The molecule has 3 aliphatic rings. The maximum Gasteiger partial charge on any atom is 0.0636 e. The van der Waals surface area contributed by atoms with Gasteiger partial charge in [0.1, 0.15) is 0 Å². The van der Waals surface area contributed by atoms with Crippen molar-refractivity contribution < 1.29 is 0 Å². The zero-order valence-corrected chi connectivity index (χ0v) is 23.5. The average Bonchev–Trinajstić information content (AvgIpc) is 3.21. The van der Waals surface area contributed by atoms with Gasteiger partial charge in [0, 0.05) is 46.8 Å². The summed E-state index contributed by atoms with van der Waals surface area (Å²) in [7, 11) is 0. The number of piperidine rings is 2. The summed E-state index contributed by atoms with van der Waals surface area (Å²) in [6.45, 7) is 3.97. The van der Waals surface area contributed by atoms with Crippen molar-refractivity contribution in [2.45, 2.75) is 75.0 Å². The normalized spacial score (nSPS) is 26.2. The summed E-state index contributed by atoms with van der Waals surface area (Å²) in [6.07, 6.45) is 10.2. The summed E-state index contributed by atoms with van der Waals surface area (Å²) < 4.78 is 0. The maximum absolute atomic E-state index is 6.84. The number of nitrogens with zero attached hydrogens (tertiary/aromatic N) is 3. The second-order valence-corrected chi connectivity index (χ2v) is 12.3. The molecule has 0 saturated carbocycles. The number of nitrogens with two attached hydrogens (primary N) is 1. The van der Waals surface area contributed by atoms with E-state index in [2.05, 4.69) is 46.2 Å². The van der Waals surface area contributed by atoms with E-state index in [1.807, 2.05) is 30.5 Å². The van der Waals surface area contributed by atoms with Crippen molar-refractivity contribution in [3.05, 3.63) is 99.3 Å². The summed E-state index contributed by atoms with van der Waals surface area (Å²) in [5.74, 6) is 0. The number of hydrogen-bond acceptors (Lipinski definition) is 4. The number of aromatic nitrogens is 1. The quantitative estimate of drug-likeness (QED) is 0.345. The van der Waals surface area contributed by atoms with Gasteiger partial charge in [-0.25, -0.2) is 0 Å². The molecule has 6 heteroatoms. The molecule has 38 heavy (non-hydrogen) atoms. The van der Waals surface area contributed by atoms with Crippen LogP contribution in [0.15, 0.2) is 66.9 Å². The maximum atomic E-state index is 6.84. The van der Waals surface area contributed by atoms with Crippen LogP contribution in [0.5, 0.6) is 0 Å². The van der Waals surface area contributed by atoms with Crippen LogP contribution in [-0.4, -0.2) is 46.5 Å². The van der Waals surface area contributed by atoms with Gasteiger partial charge in [-0.05, 0) is 86.5 Å². The second-order valence-electron chi connectivity index (χ2n) is 11.5. The topological polar surface area (TPSA) is 45.4 Å². The van der Waals surface area contributed by atoms with Crippen molar-refractivity contribution in [3.63, 3.8) is 0 Å². The van der Waals surface area contributed by atoms with Crippen LogP contribution in [0.25, 0.3) is 0 Å². The van der Waals surface area contributed by atoms with Crippen LogP contribution in [0, 0.1) is 0 Å². The Morgan fingerprint density at radius 2 is 1.45 bits per heavy atom. The highest BCUT2D eigenvalue weighted by Gasteiger charge is 2.52. The first kappa shape index (κ1) is 26.3. The number of halogens is 2. The monoisotopic (exact) mass is 548 g/mol. The van der Waals surface area contributed by atoms with Gasteiger partial charge >= 0.3 is 0 Å². The summed E-state index contributed by atoms with van der Waals surface area (Å²) in [6, 6.07) is 21.7. The number of fused-ring (bicyclic) bond motifs is 2. The highest BCUT2D eigenvalue weighted by atomic mass is 35.5. The Bertz CT molecular complexity index is 1200. The lowest BCUT2D eigenvalue weighted by atomic mass is 9.70. The van der Waals surface area contributed by atoms with Crippen LogP contribution in [-0.2, 0) is 12.0 Å². The SMILES string of the molecule is NCC1(c2ncccc2CN2CCCCC2)C[C@@H]2CC[C@@H](C1)N2C(c1ccccc1Cl)c1ccccc1Cl. The number of hydrogen-bond donors (Lipinski definition) is 1. The number of pyridine rings is 1. The predicted octanol–water partition coefficient (Wildman–Crippen LogP) is 6.99. The first-order valence-corrected chi connectivity index (χ1v) is 15.0. The van der Waals surface area contributed by atoms with E-state index >= 15 is 0 Å². The van der Waals surface area contributed by atoms with E-state index in [0.717, 1.165) is 53.4 Å². The molecule has 0 spiro atoms. The molecule has 0 aliphatic carbocycles. The fraction of sp³-hybridized carbons (Fsp3) is 0.469. The van der Waals surface area contributed by atoms with Crippen LogP contribution >= 0.6 is 23.2 Å². The second kappa shape index (κ2) is 11.3. The third kappa shape index (κ3) is 4.91. The molecule has 0 radical (unpaired) electrons. The fourth-order valence-electron chi connectivity index (χ4n) is 7.54. The molecule has 200 valence electrons. The molecule has 2 aromatic carbocycles. The van der Waals surface area contributed by atoms with Crippen molar-refractivity contribution in [1.82, 2.24) is 14.8 Å². The molecule has 1 aromatic heterocycles. The van der Waals surface area contributed by atoms with Crippen LogP contribution in [0.3, 0.4) is 0 Å². The lowest BCUT2D eigenvalue weighted by molar-refractivity contribution is 0.0579. The lowest BCUT2D eigenvalue weighted by Gasteiger charge is -2.50. The van der Waals surface area contributed by atoms with Gasteiger partial charge in [0.15, 0.2) is 0 Å². The highest BCUT2D eigenvalue weighted by molar-refractivity contribution is 6.32. The minimum Gasteiger partial charge on any atom is -0.330 e. The van der Waals surface area contributed by atoms with Gasteiger partial charge in [-0.1, -0.05) is 72.1 Å². The molecule has 2 bridgehead atoms. The smallest absolute Gasteiger partial charge is 0.0636 e. The summed E-state index contributed by atoms with van der Waals surface area (Å²) in [5.41, 5.74) is 11.4. The highest BCUT2D eigenvalue weighted by Crippen LogP contribution is 2.52. The fourth-order valence-corrected chi connectivity index (χ4v) is 8.02. The van der Waals surface area contributed by atoms with E-state index in [9.17, 15) is 0 Å². The van der Waals surface area contributed by atoms with E-state index < -0.39 is 0 Å². The van der Waals surface area contributed by atoms with Crippen LogP contribution < -0.4 is 5.73 Å². The van der Waals surface area contributed by atoms with Gasteiger partial charge in [-0.15, -0.1) is 0 Å².